The largest absolute Gasteiger partial charge is 0.493 e. The van der Waals surface area contributed by atoms with Crippen LogP contribution in [0.3, 0.4) is 0 Å². The van der Waals surface area contributed by atoms with Gasteiger partial charge in [0.2, 0.25) is 5.95 Å². The highest BCUT2D eigenvalue weighted by Gasteiger charge is 2.12. The van der Waals surface area contributed by atoms with Gasteiger partial charge in [-0.1, -0.05) is 19.1 Å². The highest BCUT2D eigenvalue weighted by atomic mass is 16.5. The normalized spacial score (nSPS) is 10.7. The summed E-state index contributed by atoms with van der Waals surface area (Å²) >= 11 is 0. The molecule has 0 radical (unpaired) electrons. The molecule has 0 fully saturated rings. The molecule has 1 aromatic carbocycles. The molecule has 0 amide bonds. The molecule has 2 heterocycles. The molecule has 0 aliphatic rings. The molecule has 0 aliphatic carbocycles. The van der Waals surface area contributed by atoms with Crippen LogP contribution in [0, 0.1) is 0 Å². The van der Waals surface area contributed by atoms with Gasteiger partial charge in [-0.25, -0.2) is 9.97 Å². The van der Waals surface area contributed by atoms with Gasteiger partial charge in [0.05, 0.1) is 18.6 Å². The lowest BCUT2D eigenvalue weighted by molar-refractivity contribution is -0.136. The summed E-state index contributed by atoms with van der Waals surface area (Å²) in [4.78, 5) is 38.4. The molecule has 0 bridgehead atoms. The van der Waals surface area contributed by atoms with Crippen LogP contribution in [0.2, 0.25) is 0 Å². The lowest BCUT2D eigenvalue weighted by atomic mass is 10.2. The van der Waals surface area contributed by atoms with Gasteiger partial charge in [0.15, 0.2) is 5.65 Å². The minimum Gasteiger partial charge on any atom is -0.493 e. The summed E-state index contributed by atoms with van der Waals surface area (Å²) in [5, 5.41) is 11.8. The van der Waals surface area contributed by atoms with Crippen LogP contribution < -0.4 is 15.6 Å². The second-order valence-corrected chi connectivity index (χ2v) is 5.76. The quantitative estimate of drug-likeness (QED) is 0.550. The second kappa shape index (κ2) is 8.26. The Morgan fingerprint density at radius 1 is 1.30 bits per heavy atom. The number of rotatable bonds is 8. The molecule has 27 heavy (non-hydrogen) atoms. The van der Waals surface area contributed by atoms with Crippen LogP contribution in [0.1, 0.15) is 19.8 Å². The summed E-state index contributed by atoms with van der Waals surface area (Å²) in [6, 6.07) is 7.30. The summed E-state index contributed by atoms with van der Waals surface area (Å²) in [7, 11) is 0. The monoisotopic (exact) mass is 369 g/mol. The number of aromatic nitrogens is 4. The summed E-state index contributed by atoms with van der Waals surface area (Å²) < 4.78 is 5.73. The number of H-pyrrole nitrogens is 1. The van der Waals surface area contributed by atoms with Gasteiger partial charge in [-0.15, -0.1) is 0 Å². The van der Waals surface area contributed by atoms with E-state index in [1.165, 1.54) is 6.20 Å². The van der Waals surface area contributed by atoms with Crippen molar-refractivity contribution in [1.29, 1.82) is 0 Å². The Labute approximate surface area is 154 Å². The van der Waals surface area contributed by atoms with Crippen LogP contribution in [0.25, 0.3) is 22.4 Å². The SMILES string of the molecule is CCCOc1ccccc1-c1nc2nc(NCCC(=O)O)ncc2c(=O)[nH]1. The molecule has 0 saturated heterocycles. The smallest absolute Gasteiger partial charge is 0.305 e. The van der Waals surface area contributed by atoms with E-state index in [0.717, 1.165) is 6.42 Å². The fourth-order valence-corrected chi connectivity index (χ4v) is 2.42. The van der Waals surface area contributed by atoms with E-state index in [4.69, 9.17) is 9.84 Å². The van der Waals surface area contributed by atoms with Crippen molar-refractivity contribution in [2.24, 2.45) is 0 Å². The number of hydrogen-bond acceptors (Lipinski definition) is 7. The predicted molar refractivity (Wildman–Crippen MR) is 99.9 cm³/mol. The zero-order chi connectivity index (χ0) is 19.2. The minimum atomic E-state index is -0.927. The molecular weight excluding hydrogens is 350 g/mol. The van der Waals surface area contributed by atoms with Crippen LogP contribution >= 0.6 is 0 Å². The molecule has 0 spiro atoms. The first-order valence-corrected chi connectivity index (χ1v) is 8.53. The molecule has 3 rings (SSSR count). The van der Waals surface area contributed by atoms with Crippen LogP contribution in [0.15, 0.2) is 35.3 Å². The molecule has 9 nitrogen and oxygen atoms in total. The Hall–Kier alpha value is -3.49. The number of para-hydroxylation sites is 1. The third-order valence-electron chi connectivity index (χ3n) is 3.69. The number of carbonyl (C=O) groups is 1. The van der Waals surface area contributed by atoms with Crippen molar-refractivity contribution in [2.45, 2.75) is 19.8 Å². The van der Waals surface area contributed by atoms with Gasteiger partial charge in [0.25, 0.3) is 5.56 Å². The fourth-order valence-electron chi connectivity index (χ4n) is 2.42. The maximum Gasteiger partial charge on any atom is 0.305 e. The third-order valence-corrected chi connectivity index (χ3v) is 3.69. The standard InChI is InChI=1S/C18H19N5O4/c1-2-9-27-13-6-4-3-5-11(13)15-21-16-12(17(26)22-15)10-20-18(23-16)19-8-7-14(24)25/h3-6,10H,2,7-9H2,1H3,(H,24,25)(H2,19,20,21,22,23,26). The molecule has 0 atom stereocenters. The maximum absolute atomic E-state index is 12.4. The highest BCUT2D eigenvalue weighted by Crippen LogP contribution is 2.27. The van der Waals surface area contributed by atoms with Gasteiger partial charge < -0.3 is 20.1 Å². The van der Waals surface area contributed by atoms with Crippen molar-refractivity contribution in [3.05, 3.63) is 40.8 Å². The van der Waals surface area contributed by atoms with Crippen molar-refractivity contribution in [1.82, 2.24) is 19.9 Å². The number of fused-ring (bicyclic) bond motifs is 1. The second-order valence-electron chi connectivity index (χ2n) is 5.76. The number of nitrogens with zero attached hydrogens (tertiary/aromatic N) is 3. The lowest BCUT2D eigenvalue weighted by Crippen LogP contribution is -2.14. The van der Waals surface area contributed by atoms with Crippen molar-refractivity contribution >= 4 is 23.0 Å². The number of aromatic amines is 1. The average molecular weight is 369 g/mol. The number of ether oxygens (including phenoxy) is 1. The zero-order valence-electron chi connectivity index (χ0n) is 14.7. The summed E-state index contributed by atoms with van der Waals surface area (Å²) in [6.45, 7) is 2.73. The number of aliphatic carboxylic acids is 1. The third kappa shape index (κ3) is 4.38. The molecule has 0 saturated carbocycles. The van der Waals surface area contributed by atoms with Crippen molar-refractivity contribution in [2.75, 3.05) is 18.5 Å². The molecule has 9 heteroatoms. The fraction of sp³-hybridized carbons (Fsp3) is 0.278. The number of carboxylic acids is 1. The Morgan fingerprint density at radius 2 is 2.11 bits per heavy atom. The summed E-state index contributed by atoms with van der Waals surface area (Å²) in [5.41, 5.74) is 0.508. The average Bonchev–Trinajstić information content (AvgIpc) is 2.66. The van der Waals surface area contributed by atoms with E-state index in [0.29, 0.717) is 23.7 Å². The zero-order valence-corrected chi connectivity index (χ0v) is 14.7. The number of carboxylic acid groups (broad SMARTS) is 1. The van der Waals surface area contributed by atoms with Gasteiger partial charge in [0, 0.05) is 12.7 Å². The Balaban J connectivity index is 1.98. The number of benzene rings is 1. The van der Waals surface area contributed by atoms with E-state index in [1.54, 1.807) is 0 Å². The Morgan fingerprint density at radius 3 is 2.89 bits per heavy atom. The summed E-state index contributed by atoms with van der Waals surface area (Å²) in [5.74, 6) is 0.247. The molecule has 140 valence electrons. The van der Waals surface area contributed by atoms with Crippen LogP contribution in [-0.4, -0.2) is 44.2 Å². The van der Waals surface area contributed by atoms with E-state index in [9.17, 15) is 9.59 Å². The highest BCUT2D eigenvalue weighted by molar-refractivity contribution is 5.77. The molecule has 3 N–H and O–H groups in total. The van der Waals surface area contributed by atoms with E-state index in [1.807, 2.05) is 31.2 Å². The van der Waals surface area contributed by atoms with Crippen LogP contribution in [0.5, 0.6) is 5.75 Å². The molecule has 3 aromatic rings. The van der Waals surface area contributed by atoms with E-state index in [2.05, 4.69) is 25.3 Å². The predicted octanol–water partition coefficient (Wildman–Crippen LogP) is 2.06. The minimum absolute atomic E-state index is 0.0718. The Bertz CT molecular complexity index is 1020. The summed E-state index contributed by atoms with van der Waals surface area (Å²) in [6.07, 6.45) is 2.15. The molecule has 0 aliphatic heterocycles. The topological polar surface area (TPSA) is 130 Å². The molecular formula is C18H19N5O4. The van der Waals surface area contributed by atoms with Crippen LogP contribution in [0.4, 0.5) is 5.95 Å². The van der Waals surface area contributed by atoms with Gasteiger partial charge in [-0.05, 0) is 18.6 Å². The maximum atomic E-state index is 12.4. The van der Waals surface area contributed by atoms with E-state index in [-0.39, 0.29) is 35.5 Å². The van der Waals surface area contributed by atoms with Gasteiger partial charge in [0.1, 0.15) is 17.0 Å². The van der Waals surface area contributed by atoms with Gasteiger partial charge >= 0.3 is 5.97 Å². The van der Waals surface area contributed by atoms with Gasteiger partial charge in [-0.3, -0.25) is 9.59 Å². The van der Waals surface area contributed by atoms with Crippen molar-refractivity contribution < 1.29 is 14.6 Å². The van der Waals surface area contributed by atoms with Crippen LogP contribution in [-0.2, 0) is 4.79 Å². The van der Waals surface area contributed by atoms with Crippen molar-refractivity contribution in [3.63, 3.8) is 0 Å². The first kappa shape index (κ1) is 18.3. The van der Waals surface area contributed by atoms with E-state index < -0.39 is 5.97 Å². The Kier molecular flexibility index (Phi) is 5.60. The lowest BCUT2D eigenvalue weighted by Gasteiger charge is -2.10. The molecule has 2 aromatic heterocycles. The number of hydrogen-bond donors (Lipinski definition) is 3. The first-order valence-electron chi connectivity index (χ1n) is 8.53. The van der Waals surface area contributed by atoms with E-state index >= 15 is 0 Å². The number of anilines is 1. The van der Waals surface area contributed by atoms with Crippen molar-refractivity contribution in [3.8, 4) is 17.1 Å². The first-order chi connectivity index (χ1) is 13.1. The molecule has 0 unspecified atom stereocenters. The van der Waals surface area contributed by atoms with Gasteiger partial charge in [-0.2, -0.15) is 4.98 Å². The number of nitrogens with one attached hydrogen (secondary N) is 2.